The maximum atomic E-state index is 6.09. The molecule has 1 aliphatic heterocycles. The predicted octanol–water partition coefficient (Wildman–Crippen LogP) is 1.14. The van der Waals surface area contributed by atoms with E-state index in [-0.39, 0.29) is 0 Å². The molecular formula is C12H27N3. The third-order valence-electron chi connectivity index (χ3n) is 3.75. The quantitative estimate of drug-likeness (QED) is 0.760. The molecule has 1 heterocycles. The number of hydrogen-bond acceptors (Lipinski definition) is 3. The number of piperazine rings is 1. The molecule has 0 saturated carbocycles. The third-order valence-corrected chi connectivity index (χ3v) is 3.75. The van der Waals surface area contributed by atoms with Crippen molar-refractivity contribution in [2.24, 2.45) is 5.73 Å². The van der Waals surface area contributed by atoms with Gasteiger partial charge in [0.05, 0.1) is 0 Å². The summed E-state index contributed by atoms with van der Waals surface area (Å²) in [6, 6.07) is 1.54. The van der Waals surface area contributed by atoms with E-state index in [1.165, 1.54) is 26.2 Å². The van der Waals surface area contributed by atoms with E-state index in [0.717, 1.165) is 6.42 Å². The van der Waals surface area contributed by atoms with E-state index in [4.69, 9.17) is 5.73 Å². The minimum absolute atomic E-state index is 0.329. The Morgan fingerprint density at radius 2 is 1.47 bits per heavy atom. The largest absolute Gasteiger partial charge is 0.326 e. The van der Waals surface area contributed by atoms with E-state index in [1.807, 2.05) is 0 Å². The van der Waals surface area contributed by atoms with Gasteiger partial charge in [0.1, 0.15) is 0 Å². The molecule has 3 nitrogen and oxygen atoms in total. The van der Waals surface area contributed by atoms with Gasteiger partial charge < -0.3 is 5.73 Å². The molecule has 0 spiro atoms. The van der Waals surface area contributed by atoms with Crippen molar-refractivity contribution in [1.29, 1.82) is 0 Å². The second-order valence-electron chi connectivity index (χ2n) is 4.98. The number of nitrogens with two attached hydrogens (primary N) is 1. The summed E-state index contributed by atoms with van der Waals surface area (Å²) in [5.74, 6) is 0. The fourth-order valence-corrected chi connectivity index (χ4v) is 2.27. The van der Waals surface area contributed by atoms with Crippen LogP contribution in [-0.4, -0.2) is 54.1 Å². The van der Waals surface area contributed by atoms with Crippen molar-refractivity contribution in [3.05, 3.63) is 0 Å². The molecular weight excluding hydrogens is 186 g/mol. The Bertz CT molecular complexity index is 174. The maximum Gasteiger partial charge on any atom is 0.0219 e. The minimum atomic E-state index is 0.329. The predicted molar refractivity (Wildman–Crippen MR) is 66.0 cm³/mol. The molecule has 0 aromatic rings. The molecule has 90 valence electrons. The zero-order valence-electron chi connectivity index (χ0n) is 10.7. The summed E-state index contributed by atoms with van der Waals surface area (Å²) in [6.45, 7) is 13.7. The molecule has 0 aliphatic carbocycles. The van der Waals surface area contributed by atoms with Crippen LogP contribution in [0.25, 0.3) is 0 Å². The van der Waals surface area contributed by atoms with Crippen molar-refractivity contribution < 1.29 is 0 Å². The van der Waals surface area contributed by atoms with Crippen molar-refractivity contribution in [3.63, 3.8) is 0 Å². The number of hydrogen-bond donors (Lipinski definition) is 1. The highest BCUT2D eigenvalue weighted by Gasteiger charge is 2.24. The Labute approximate surface area is 94.6 Å². The fraction of sp³-hybridized carbons (Fsp3) is 1.00. The van der Waals surface area contributed by atoms with Crippen LogP contribution in [0.5, 0.6) is 0 Å². The van der Waals surface area contributed by atoms with Gasteiger partial charge >= 0.3 is 0 Å². The Hall–Kier alpha value is -0.120. The molecule has 1 saturated heterocycles. The maximum absolute atomic E-state index is 6.09. The lowest BCUT2D eigenvalue weighted by atomic mass is 10.1. The lowest BCUT2D eigenvalue weighted by molar-refractivity contribution is 0.0745. The molecule has 1 aliphatic rings. The third kappa shape index (κ3) is 3.44. The molecule has 1 fully saturated rings. The van der Waals surface area contributed by atoms with Gasteiger partial charge in [-0.3, -0.25) is 9.80 Å². The van der Waals surface area contributed by atoms with Crippen LogP contribution in [0.4, 0.5) is 0 Å². The highest BCUT2D eigenvalue weighted by Crippen LogP contribution is 2.11. The Kier molecular flexibility index (Phi) is 5.03. The van der Waals surface area contributed by atoms with Crippen LogP contribution >= 0.6 is 0 Å². The summed E-state index contributed by atoms with van der Waals surface area (Å²) in [6.07, 6.45) is 1.07. The van der Waals surface area contributed by atoms with E-state index in [1.54, 1.807) is 0 Å². The first-order valence-electron chi connectivity index (χ1n) is 6.30. The van der Waals surface area contributed by atoms with Crippen LogP contribution in [-0.2, 0) is 0 Å². The van der Waals surface area contributed by atoms with Crippen LogP contribution in [0.1, 0.15) is 34.1 Å². The summed E-state index contributed by atoms with van der Waals surface area (Å²) < 4.78 is 0. The van der Waals surface area contributed by atoms with Crippen LogP contribution in [0, 0.1) is 0 Å². The van der Waals surface area contributed by atoms with Gasteiger partial charge in [-0.05, 0) is 27.2 Å². The topological polar surface area (TPSA) is 32.5 Å². The lowest BCUT2D eigenvalue weighted by Gasteiger charge is -2.41. The van der Waals surface area contributed by atoms with Gasteiger partial charge in [0.15, 0.2) is 0 Å². The first kappa shape index (κ1) is 12.9. The number of rotatable bonds is 4. The molecule has 2 atom stereocenters. The molecule has 0 radical (unpaired) electrons. The van der Waals surface area contributed by atoms with Crippen molar-refractivity contribution >= 4 is 0 Å². The van der Waals surface area contributed by atoms with Gasteiger partial charge in [-0.2, -0.15) is 0 Å². The normalized spacial score (nSPS) is 24.4. The monoisotopic (exact) mass is 213 g/mol. The smallest absolute Gasteiger partial charge is 0.0219 e. The standard InChI is InChI=1S/C12H27N3/c1-5-12(13)11(4)15-8-6-14(7-9-15)10(2)3/h10-12H,5-9,13H2,1-4H3. The molecule has 2 N–H and O–H groups in total. The lowest BCUT2D eigenvalue weighted by Crippen LogP contribution is -2.55. The van der Waals surface area contributed by atoms with Gasteiger partial charge in [-0.15, -0.1) is 0 Å². The molecule has 0 aromatic carbocycles. The SMILES string of the molecule is CCC(N)C(C)N1CCN(C(C)C)CC1. The molecule has 3 heteroatoms. The summed E-state index contributed by atoms with van der Waals surface area (Å²) in [5.41, 5.74) is 6.09. The van der Waals surface area contributed by atoms with E-state index >= 15 is 0 Å². The van der Waals surface area contributed by atoms with Crippen LogP contribution < -0.4 is 5.73 Å². The zero-order chi connectivity index (χ0) is 11.4. The summed E-state index contributed by atoms with van der Waals surface area (Å²) >= 11 is 0. The van der Waals surface area contributed by atoms with Gasteiger partial charge in [0.25, 0.3) is 0 Å². The van der Waals surface area contributed by atoms with E-state index in [0.29, 0.717) is 18.1 Å². The van der Waals surface area contributed by atoms with Gasteiger partial charge in [-0.1, -0.05) is 6.92 Å². The van der Waals surface area contributed by atoms with Crippen LogP contribution in [0.15, 0.2) is 0 Å². The summed E-state index contributed by atoms with van der Waals surface area (Å²) in [4.78, 5) is 5.08. The average molecular weight is 213 g/mol. The van der Waals surface area contributed by atoms with Gasteiger partial charge in [0.2, 0.25) is 0 Å². The highest BCUT2D eigenvalue weighted by atomic mass is 15.3. The zero-order valence-corrected chi connectivity index (χ0v) is 10.7. The van der Waals surface area contributed by atoms with Crippen LogP contribution in [0.2, 0.25) is 0 Å². The average Bonchev–Trinajstić information content (AvgIpc) is 2.27. The Morgan fingerprint density at radius 1 is 1.00 bits per heavy atom. The van der Waals surface area contributed by atoms with Gasteiger partial charge in [0, 0.05) is 44.3 Å². The molecule has 0 bridgehead atoms. The first-order chi connectivity index (χ1) is 7.06. The van der Waals surface area contributed by atoms with Crippen molar-refractivity contribution in [2.45, 2.75) is 52.2 Å². The second-order valence-corrected chi connectivity index (χ2v) is 4.98. The van der Waals surface area contributed by atoms with Crippen molar-refractivity contribution in [3.8, 4) is 0 Å². The minimum Gasteiger partial charge on any atom is -0.326 e. The first-order valence-corrected chi connectivity index (χ1v) is 6.30. The fourth-order valence-electron chi connectivity index (χ4n) is 2.27. The van der Waals surface area contributed by atoms with E-state index in [2.05, 4.69) is 37.5 Å². The van der Waals surface area contributed by atoms with Gasteiger partial charge in [-0.25, -0.2) is 0 Å². The molecule has 1 rings (SSSR count). The highest BCUT2D eigenvalue weighted by molar-refractivity contribution is 4.82. The number of nitrogens with zero attached hydrogens (tertiary/aromatic N) is 2. The molecule has 0 aromatic heterocycles. The molecule has 2 unspecified atom stereocenters. The summed E-state index contributed by atoms with van der Waals surface area (Å²) in [7, 11) is 0. The van der Waals surface area contributed by atoms with Crippen molar-refractivity contribution in [2.75, 3.05) is 26.2 Å². The molecule has 0 amide bonds. The van der Waals surface area contributed by atoms with E-state index < -0.39 is 0 Å². The summed E-state index contributed by atoms with van der Waals surface area (Å²) in [5, 5.41) is 0. The molecule has 15 heavy (non-hydrogen) atoms. The Balaban J connectivity index is 2.36. The van der Waals surface area contributed by atoms with E-state index in [9.17, 15) is 0 Å². The van der Waals surface area contributed by atoms with Crippen molar-refractivity contribution in [1.82, 2.24) is 9.80 Å². The van der Waals surface area contributed by atoms with Crippen LogP contribution in [0.3, 0.4) is 0 Å². The Morgan fingerprint density at radius 3 is 1.87 bits per heavy atom. The second kappa shape index (κ2) is 5.83.